The Morgan fingerprint density at radius 3 is 2.32 bits per heavy atom. The second-order valence-corrected chi connectivity index (χ2v) is 4.38. The van der Waals surface area contributed by atoms with E-state index in [4.69, 9.17) is 27.9 Å². The second-order valence-electron chi connectivity index (χ2n) is 3.59. The summed E-state index contributed by atoms with van der Waals surface area (Å²) in [5.74, 6) is 0.444. The molecule has 22 heavy (non-hydrogen) atoms. The quantitative estimate of drug-likeness (QED) is 0.682. The summed E-state index contributed by atoms with van der Waals surface area (Å²) in [7, 11) is 1.47. The zero-order valence-electron chi connectivity index (χ0n) is 10.8. The number of rotatable bonds is 3. The highest BCUT2D eigenvalue weighted by atomic mass is 35.5. The Labute approximate surface area is 137 Å². The maximum absolute atomic E-state index is 10.7. The molecule has 0 aromatic carbocycles. The number of nitrogens with zero attached hydrogens (tertiary/aromatic N) is 1. The molecule has 0 spiro atoms. The normalized spacial score (nSPS) is 8.86. The molecule has 0 radical (unpaired) electrons. The predicted octanol–water partition coefficient (Wildman–Crippen LogP) is 3.03. The number of carbonyl (C=O) groups is 2. The molecule has 6 nitrogen and oxygen atoms in total. The van der Waals surface area contributed by atoms with Crippen LogP contribution in [0.15, 0.2) is 29.3 Å². The number of pyridine rings is 2. The fourth-order valence-corrected chi connectivity index (χ4v) is 1.54. The summed E-state index contributed by atoms with van der Waals surface area (Å²) < 4.78 is 4.86. The maximum Gasteiger partial charge on any atom is 0.193 e. The summed E-state index contributed by atoms with van der Waals surface area (Å²) in [4.78, 5) is 37.4. The molecule has 0 saturated heterocycles. The number of halogens is 2. The van der Waals surface area contributed by atoms with Crippen LogP contribution >= 0.6 is 23.2 Å². The Hall–Kier alpha value is -2.18. The number of aromatic amines is 1. The van der Waals surface area contributed by atoms with Gasteiger partial charge in [0.05, 0.1) is 18.2 Å². The number of carbonyl (C=O) groups excluding carboxylic acids is 2. The lowest BCUT2D eigenvalue weighted by Crippen LogP contribution is -2.06. The van der Waals surface area contributed by atoms with Gasteiger partial charge in [0.2, 0.25) is 0 Å². The maximum atomic E-state index is 10.7. The largest absolute Gasteiger partial charge is 0.496 e. The third-order valence-electron chi connectivity index (χ3n) is 2.24. The molecule has 2 aromatic rings. The highest BCUT2D eigenvalue weighted by Gasteiger charge is 2.02. The summed E-state index contributed by atoms with van der Waals surface area (Å²) in [5.41, 5.74) is 0.125. The van der Waals surface area contributed by atoms with Crippen LogP contribution in [0, 0.1) is 0 Å². The molecular formula is C14H14Cl2N2O4. The van der Waals surface area contributed by atoms with E-state index < -0.39 is 0 Å². The highest BCUT2D eigenvalue weighted by Crippen LogP contribution is 2.18. The van der Waals surface area contributed by atoms with Gasteiger partial charge in [0.1, 0.15) is 16.1 Å². The molecule has 0 bridgehead atoms. The van der Waals surface area contributed by atoms with Crippen LogP contribution in [0.5, 0.6) is 5.75 Å². The van der Waals surface area contributed by atoms with E-state index in [-0.39, 0.29) is 23.6 Å². The van der Waals surface area contributed by atoms with Gasteiger partial charge in [-0.2, -0.15) is 0 Å². The van der Waals surface area contributed by atoms with Crippen molar-refractivity contribution in [3.63, 3.8) is 0 Å². The molecule has 0 amide bonds. The molecule has 0 aliphatic heterocycles. The zero-order chi connectivity index (χ0) is 15.8. The molecule has 118 valence electrons. The summed E-state index contributed by atoms with van der Waals surface area (Å²) in [6.07, 6.45) is 3.79. The molecule has 0 fully saturated rings. The van der Waals surface area contributed by atoms with Crippen molar-refractivity contribution < 1.29 is 14.3 Å². The van der Waals surface area contributed by atoms with E-state index in [9.17, 15) is 14.4 Å². The minimum atomic E-state index is -0.362. The molecule has 8 heteroatoms. The second kappa shape index (κ2) is 9.70. The first-order valence-corrected chi connectivity index (χ1v) is 6.25. The molecule has 0 atom stereocenters. The van der Waals surface area contributed by atoms with Crippen molar-refractivity contribution >= 4 is 35.8 Å². The number of nitrogens with one attached hydrogen (secondary N) is 1. The van der Waals surface area contributed by atoms with Gasteiger partial charge in [0, 0.05) is 24.5 Å². The number of ether oxygens (including phenoxy) is 1. The highest BCUT2D eigenvalue weighted by molar-refractivity contribution is 6.29. The number of hydrogen-bond acceptors (Lipinski definition) is 5. The summed E-state index contributed by atoms with van der Waals surface area (Å²) in [6.45, 7) is 0. The molecule has 2 aromatic heterocycles. The average molecular weight is 345 g/mol. The minimum Gasteiger partial charge on any atom is -0.496 e. The fourth-order valence-electron chi connectivity index (χ4n) is 1.24. The third kappa shape index (κ3) is 5.67. The third-order valence-corrected chi connectivity index (χ3v) is 2.67. The first-order valence-electron chi connectivity index (χ1n) is 5.50. The molecule has 0 aliphatic carbocycles. The average Bonchev–Trinajstić information content (AvgIpc) is 2.48. The number of H-pyrrole nitrogens is 1. The lowest BCUT2D eigenvalue weighted by Gasteiger charge is -2.01. The fraction of sp³-hybridized carbons (Fsp3) is 0.143. The van der Waals surface area contributed by atoms with Gasteiger partial charge >= 0.3 is 0 Å². The topological polar surface area (TPSA) is 89.1 Å². The molecule has 2 heterocycles. The Morgan fingerprint density at radius 2 is 1.82 bits per heavy atom. The van der Waals surface area contributed by atoms with E-state index in [1.165, 1.54) is 25.6 Å². The molecule has 1 N–H and O–H groups in total. The van der Waals surface area contributed by atoms with Gasteiger partial charge < -0.3 is 9.72 Å². The van der Waals surface area contributed by atoms with E-state index in [0.717, 1.165) is 6.07 Å². The van der Waals surface area contributed by atoms with Gasteiger partial charge in [-0.1, -0.05) is 30.6 Å². The van der Waals surface area contributed by atoms with Gasteiger partial charge in [-0.25, -0.2) is 4.98 Å². The number of methoxy groups -OCH3 is 1. The van der Waals surface area contributed by atoms with E-state index in [2.05, 4.69) is 9.97 Å². The molecule has 0 saturated carbocycles. The zero-order valence-corrected chi connectivity index (χ0v) is 12.3. The number of aldehydes is 2. The standard InChI is InChI=1S/C7H6ClNO2.C6H4ClNO2.CH4/c1-11-6-2-7(8)9-3-5(6)4-10;7-6-1-5(10)4(3-9)2-8-6;/h2-4H,1H3;1-3H,(H,8,10);1H4. The van der Waals surface area contributed by atoms with Crippen molar-refractivity contribution in [2.75, 3.05) is 7.11 Å². The van der Waals surface area contributed by atoms with Gasteiger partial charge in [-0.3, -0.25) is 14.4 Å². The van der Waals surface area contributed by atoms with Crippen molar-refractivity contribution in [3.8, 4) is 5.75 Å². The van der Waals surface area contributed by atoms with Crippen molar-refractivity contribution in [1.82, 2.24) is 9.97 Å². The van der Waals surface area contributed by atoms with Gasteiger partial charge in [0.15, 0.2) is 18.0 Å². The van der Waals surface area contributed by atoms with Crippen LogP contribution in [0.1, 0.15) is 28.1 Å². The first-order chi connectivity index (χ1) is 10.0. The van der Waals surface area contributed by atoms with Crippen LogP contribution in [0.25, 0.3) is 0 Å². The smallest absolute Gasteiger partial charge is 0.193 e. The van der Waals surface area contributed by atoms with E-state index in [1.807, 2.05) is 0 Å². The van der Waals surface area contributed by atoms with Crippen molar-refractivity contribution in [3.05, 3.63) is 56.2 Å². The van der Waals surface area contributed by atoms with Gasteiger partial charge in [-0.05, 0) is 0 Å². The minimum absolute atomic E-state index is 0. The Balaban J connectivity index is 0.000000385. The monoisotopic (exact) mass is 344 g/mol. The SMILES string of the molecule is C.COc1cc(Cl)ncc1C=O.O=Cc1c[nH]c(Cl)cc1=O. The van der Waals surface area contributed by atoms with Crippen molar-refractivity contribution in [1.29, 1.82) is 0 Å². The van der Waals surface area contributed by atoms with Crippen molar-refractivity contribution in [2.45, 2.75) is 7.43 Å². The van der Waals surface area contributed by atoms with Crippen LogP contribution in [-0.4, -0.2) is 29.7 Å². The van der Waals surface area contributed by atoms with Crippen LogP contribution < -0.4 is 10.2 Å². The van der Waals surface area contributed by atoms with Crippen LogP contribution in [0.3, 0.4) is 0 Å². The Morgan fingerprint density at radius 1 is 1.18 bits per heavy atom. The van der Waals surface area contributed by atoms with Crippen molar-refractivity contribution in [2.24, 2.45) is 0 Å². The summed E-state index contributed by atoms with van der Waals surface area (Å²) in [6, 6.07) is 2.65. The summed E-state index contributed by atoms with van der Waals surface area (Å²) in [5, 5.41) is 0.544. The van der Waals surface area contributed by atoms with E-state index >= 15 is 0 Å². The van der Waals surface area contributed by atoms with Gasteiger partial charge in [0.25, 0.3) is 0 Å². The van der Waals surface area contributed by atoms with Crippen LogP contribution in [-0.2, 0) is 0 Å². The Bertz CT molecular complexity index is 701. The summed E-state index contributed by atoms with van der Waals surface area (Å²) >= 11 is 10.9. The molecule has 0 unspecified atom stereocenters. The van der Waals surface area contributed by atoms with Crippen LogP contribution in [0.4, 0.5) is 0 Å². The number of hydrogen-bond donors (Lipinski definition) is 1. The predicted molar refractivity (Wildman–Crippen MR) is 85.4 cm³/mol. The molecule has 0 aliphatic rings. The van der Waals surface area contributed by atoms with Crippen LogP contribution in [0.2, 0.25) is 10.3 Å². The van der Waals surface area contributed by atoms with E-state index in [1.54, 1.807) is 0 Å². The van der Waals surface area contributed by atoms with E-state index in [0.29, 0.717) is 29.0 Å². The molecule has 2 rings (SSSR count). The first kappa shape index (κ1) is 19.8. The lowest BCUT2D eigenvalue weighted by atomic mass is 10.3. The lowest BCUT2D eigenvalue weighted by molar-refractivity contribution is 0.111. The number of aromatic nitrogens is 2. The van der Waals surface area contributed by atoms with Gasteiger partial charge in [-0.15, -0.1) is 0 Å². The Kier molecular flexibility index (Phi) is 8.74. The molecular weight excluding hydrogens is 331 g/mol.